The first kappa shape index (κ1) is 23.9. The number of hydrogen-bond donors (Lipinski definition) is 0. The van der Waals surface area contributed by atoms with E-state index < -0.39 is 0 Å². The minimum Gasteiger partial charge on any atom is -0.502 e. The molecule has 1 atom stereocenters. The number of allylic oxidation sites excluding steroid dienone is 1. The molecular formula is C22H44OS. The number of methoxy groups -OCH3 is 1. The summed E-state index contributed by atoms with van der Waals surface area (Å²) in [6, 6.07) is 0. The van der Waals surface area contributed by atoms with Crippen molar-refractivity contribution in [2.24, 2.45) is 0 Å². The summed E-state index contributed by atoms with van der Waals surface area (Å²) in [5, 5.41) is 0.922. The lowest BCUT2D eigenvalue weighted by molar-refractivity contribution is 0.276. The Bertz CT molecular complexity index is 265. The van der Waals surface area contributed by atoms with Gasteiger partial charge in [0.15, 0.2) is 0 Å². The standard InChI is InChI=1S/C22H44OS/c1-5-7-8-9-13-16-19-22(24-6-2)20-17-14-11-10-12-15-18-21(3)23-4/h22H,3,5-20H2,1-2,4H3. The van der Waals surface area contributed by atoms with Crippen molar-refractivity contribution in [3.05, 3.63) is 12.3 Å². The summed E-state index contributed by atoms with van der Waals surface area (Å²) in [5.41, 5.74) is 0. The Labute approximate surface area is 157 Å². The van der Waals surface area contributed by atoms with Gasteiger partial charge < -0.3 is 4.74 Å². The van der Waals surface area contributed by atoms with Crippen molar-refractivity contribution in [1.29, 1.82) is 0 Å². The third-order valence-electron chi connectivity index (χ3n) is 4.80. The van der Waals surface area contributed by atoms with Crippen molar-refractivity contribution >= 4 is 11.8 Å². The number of unbranched alkanes of at least 4 members (excludes halogenated alkanes) is 10. The van der Waals surface area contributed by atoms with Crippen LogP contribution in [0.15, 0.2) is 12.3 Å². The van der Waals surface area contributed by atoms with Crippen molar-refractivity contribution in [2.75, 3.05) is 12.9 Å². The Hall–Kier alpha value is -0.110. The lowest BCUT2D eigenvalue weighted by Gasteiger charge is -2.15. The lowest BCUT2D eigenvalue weighted by Crippen LogP contribution is -2.03. The molecule has 0 aliphatic heterocycles. The maximum absolute atomic E-state index is 5.11. The number of rotatable bonds is 19. The molecule has 0 bridgehead atoms. The van der Waals surface area contributed by atoms with Crippen LogP contribution in [0.2, 0.25) is 0 Å². The molecule has 1 nitrogen and oxygen atoms in total. The average molecular weight is 357 g/mol. The predicted octanol–water partition coefficient (Wildman–Crippen LogP) is 8.14. The van der Waals surface area contributed by atoms with Crippen LogP contribution < -0.4 is 0 Å². The predicted molar refractivity (Wildman–Crippen MR) is 113 cm³/mol. The van der Waals surface area contributed by atoms with Crippen LogP contribution in [0.3, 0.4) is 0 Å². The maximum Gasteiger partial charge on any atom is 0.0883 e. The highest BCUT2D eigenvalue weighted by molar-refractivity contribution is 7.99. The normalized spacial score (nSPS) is 12.3. The van der Waals surface area contributed by atoms with Gasteiger partial charge in [-0.15, -0.1) is 0 Å². The summed E-state index contributed by atoms with van der Waals surface area (Å²) < 4.78 is 5.11. The quantitative estimate of drug-likeness (QED) is 0.170. The zero-order chi connectivity index (χ0) is 17.9. The van der Waals surface area contributed by atoms with Crippen LogP contribution in [0.1, 0.15) is 110 Å². The minimum absolute atomic E-state index is 0.922. The zero-order valence-electron chi connectivity index (χ0n) is 16.9. The molecule has 0 aromatic carbocycles. The molecule has 0 saturated heterocycles. The molecule has 144 valence electrons. The maximum atomic E-state index is 5.11. The summed E-state index contributed by atoms with van der Waals surface area (Å²) in [6.45, 7) is 8.49. The Morgan fingerprint density at radius 2 is 1.29 bits per heavy atom. The molecule has 0 heterocycles. The first-order valence-electron chi connectivity index (χ1n) is 10.6. The van der Waals surface area contributed by atoms with Gasteiger partial charge >= 0.3 is 0 Å². The van der Waals surface area contributed by atoms with Gasteiger partial charge in [0.05, 0.1) is 12.9 Å². The highest BCUT2D eigenvalue weighted by Crippen LogP contribution is 2.24. The fraction of sp³-hybridized carbons (Fsp3) is 0.909. The van der Waals surface area contributed by atoms with E-state index in [1.165, 1.54) is 95.6 Å². The van der Waals surface area contributed by atoms with E-state index in [1.807, 2.05) is 0 Å². The summed E-state index contributed by atoms with van der Waals surface area (Å²) in [6.07, 6.45) is 20.7. The molecule has 0 aromatic rings. The third-order valence-corrected chi connectivity index (χ3v) is 6.08. The second-order valence-corrected chi connectivity index (χ2v) is 8.61. The van der Waals surface area contributed by atoms with Gasteiger partial charge in [0.2, 0.25) is 0 Å². The fourth-order valence-electron chi connectivity index (χ4n) is 3.20. The third kappa shape index (κ3) is 16.7. The van der Waals surface area contributed by atoms with Crippen molar-refractivity contribution in [3.63, 3.8) is 0 Å². The van der Waals surface area contributed by atoms with Crippen molar-refractivity contribution in [3.8, 4) is 0 Å². The second-order valence-electron chi connectivity index (χ2n) is 7.04. The van der Waals surface area contributed by atoms with Crippen LogP contribution in [-0.2, 0) is 4.74 Å². The summed E-state index contributed by atoms with van der Waals surface area (Å²) in [5.74, 6) is 2.22. The molecule has 0 radical (unpaired) electrons. The molecular weight excluding hydrogens is 312 g/mol. The molecule has 0 aliphatic rings. The van der Waals surface area contributed by atoms with Gasteiger partial charge in [0.25, 0.3) is 0 Å². The number of thioether (sulfide) groups is 1. The van der Waals surface area contributed by atoms with E-state index in [0.717, 1.165) is 17.4 Å². The van der Waals surface area contributed by atoms with E-state index in [1.54, 1.807) is 7.11 Å². The average Bonchev–Trinajstić information content (AvgIpc) is 2.59. The van der Waals surface area contributed by atoms with Crippen LogP contribution in [0, 0.1) is 0 Å². The van der Waals surface area contributed by atoms with Crippen LogP contribution in [0.5, 0.6) is 0 Å². The molecule has 0 aromatic heterocycles. The second kappa shape index (κ2) is 19.2. The van der Waals surface area contributed by atoms with Gasteiger partial charge in [0, 0.05) is 11.7 Å². The largest absolute Gasteiger partial charge is 0.502 e. The van der Waals surface area contributed by atoms with E-state index in [9.17, 15) is 0 Å². The molecule has 0 spiro atoms. The van der Waals surface area contributed by atoms with E-state index in [-0.39, 0.29) is 0 Å². The lowest BCUT2D eigenvalue weighted by atomic mass is 10.0. The summed E-state index contributed by atoms with van der Waals surface area (Å²) >= 11 is 2.20. The van der Waals surface area contributed by atoms with Gasteiger partial charge in [0.1, 0.15) is 0 Å². The number of ether oxygens (including phenoxy) is 1. The first-order chi connectivity index (χ1) is 11.7. The highest BCUT2D eigenvalue weighted by atomic mass is 32.2. The summed E-state index contributed by atoms with van der Waals surface area (Å²) in [4.78, 5) is 0. The monoisotopic (exact) mass is 356 g/mol. The molecule has 0 aliphatic carbocycles. The van der Waals surface area contributed by atoms with Gasteiger partial charge in [-0.05, 0) is 25.0 Å². The summed E-state index contributed by atoms with van der Waals surface area (Å²) in [7, 11) is 1.72. The Morgan fingerprint density at radius 1 is 0.792 bits per heavy atom. The molecule has 0 amide bonds. The smallest absolute Gasteiger partial charge is 0.0883 e. The van der Waals surface area contributed by atoms with Crippen LogP contribution >= 0.6 is 11.8 Å². The van der Waals surface area contributed by atoms with Gasteiger partial charge in [-0.25, -0.2) is 0 Å². The Morgan fingerprint density at radius 3 is 1.79 bits per heavy atom. The van der Waals surface area contributed by atoms with E-state index in [0.29, 0.717) is 0 Å². The molecule has 1 unspecified atom stereocenters. The molecule has 0 saturated carbocycles. The van der Waals surface area contributed by atoms with Gasteiger partial charge in [-0.2, -0.15) is 11.8 Å². The van der Waals surface area contributed by atoms with E-state index >= 15 is 0 Å². The van der Waals surface area contributed by atoms with Crippen molar-refractivity contribution in [2.45, 2.75) is 115 Å². The molecule has 0 rings (SSSR count). The van der Waals surface area contributed by atoms with Crippen LogP contribution in [0.4, 0.5) is 0 Å². The van der Waals surface area contributed by atoms with Crippen molar-refractivity contribution < 1.29 is 4.74 Å². The number of hydrogen-bond acceptors (Lipinski definition) is 2. The zero-order valence-corrected chi connectivity index (χ0v) is 17.7. The molecule has 0 fully saturated rings. The van der Waals surface area contributed by atoms with E-state index in [2.05, 4.69) is 32.2 Å². The minimum atomic E-state index is 0.922. The van der Waals surface area contributed by atoms with Crippen molar-refractivity contribution in [1.82, 2.24) is 0 Å². The van der Waals surface area contributed by atoms with Gasteiger partial charge in [-0.3, -0.25) is 0 Å². The molecule has 2 heteroatoms. The highest BCUT2D eigenvalue weighted by Gasteiger charge is 2.07. The fourth-order valence-corrected chi connectivity index (χ4v) is 4.34. The molecule has 24 heavy (non-hydrogen) atoms. The topological polar surface area (TPSA) is 9.23 Å². The van der Waals surface area contributed by atoms with Gasteiger partial charge in [-0.1, -0.05) is 91.1 Å². The SMILES string of the molecule is C=C(CCCCCCCCC(CCCCCCCC)SCC)OC. The van der Waals surface area contributed by atoms with Crippen LogP contribution in [-0.4, -0.2) is 18.1 Å². The Balaban J connectivity index is 3.48. The Kier molecular flexibility index (Phi) is 19.1. The van der Waals surface area contributed by atoms with E-state index in [4.69, 9.17) is 4.74 Å². The first-order valence-corrected chi connectivity index (χ1v) is 11.6. The van der Waals surface area contributed by atoms with Crippen LogP contribution in [0.25, 0.3) is 0 Å². The molecule has 0 N–H and O–H groups in total.